The van der Waals surface area contributed by atoms with E-state index in [0.29, 0.717) is 6.10 Å². The highest BCUT2D eigenvalue weighted by atomic mass is 79.9. The molecule has 0 bridgehead atoms. The van der Waals surface area contributed by atoms with E-state index in [1.165, 1.54) is 0 Å². The first-order valence-electron chi connectivity index (χ1n) is 4.50. The highest BCUT2D eigenvalue weighted by Gasteiger charge is 2.13. The van der Waals surface area contributed by atoms with Gasteiger partial charge in [0.25, 0.3) is 0 Å². The second-order valence-electron chi connectivity index (χ2n) is 3.07. The van der Waals surface area contributed by atoms with Crippen molar-refractivity contribution in [1.29, 1.82) is 0 Å². The second kappa shape index (κ2) is 7.38. The summed E-state index contributed by atoms with van der Waals surface area (Å²) in [6.45, 7) is 3.04. The van der Waals surface area contributed by atoms with Crippen LogP contribution in [0.25, 0.3) is 0 Å². The Morgan fingerprint density at radius 3 is 2.38 bits per heavy atom. The Morgan fingerprint density at radius 2 is 1.94 bits per heavy atom. The molecular weight excluding hydrogens is 443 g/mol. The number of benzene rings is 1. The Kier molecular flexibility index (Phi) is 6.91. The zero-order valence-electron chi connectivity index (χ0n) is 8.47. The predicted molar refractivity (Wildman–Crippen MR) is 80.0 cm³/mol. The van der Waals surface area contributed by atoms with E-state index >= 15 is 0 Å². The van der Waals surface area contributed by atoms with Crippen LogP contribution in [-0.4, -0.2) is 21.8 Å². The van der Waals surface area contributed by atoms with Crippen molar-refractivity contribution in [2.24, 2.45) is 0 Å². The molecule has 1 atom stereocenters. The van der Waals surface area contributed by atoms with Gasteiger partial charge in [0, 0.05) is 8.95 Å². The van der Waals surface area contributed by atoms with Crippen molar-refractivity contribution in [2.75, 3.05) is 6.61 Å². The minimum absolute atomic E-state index is 0.583. The van der Waals surface area contributed by atoms with E-state index in [1.54, 1.807) is 0 Å². The number of ether oxygens (including phenoxy) is 1. The van der Waals surface area contributed by atoms with Gasteiger partial charge in [-0.3, -0.25) is 0 Å². The van der Waals surface area contributed by atoms with Crippen molar-refractivity contribution >= 4 is 67.9 Å². The van der Waals surface area contributed by atoms with Crippen LogP contribution in [0, 0.1) is 0 Å². The van der Waals surface area contributed by atoms with E-state index < -0.39 is 9.07 Å². The van der Waals surface area contributed by atoms with Gasteiger partial charge >= 0.3 is 9.07 Å². The molecule has 2 nitrogen and oxygen atoms in total. The topological polar surface area (TPSA) is 21.8 Å². The maximum atomic E-state index is 5.57. The van der Waals surface area contributed by atoms with Gasteiger partial charge in [0.15, 0.2) is 0 Å². The van der Waals surface area contributed by atoms with E-state index in [2.05, 4.69) is 54.7 Å². The molecule has 0 radical (unpaired) electrons. The summed E-state index contributed by atoms with van der Waals surface area (Å²) in [6, 6.07) is 3.78. The maximum Gasteiger partial charge on any atom is 0.316 e. The van der Waals surface area contributed by atoms with Crippen LogP contribution in [0.4, 0.5) is 0 Å². The lowest BCUT2D eigenvalue weighted by Crippen LogP contribution is -1.94. The van der Waals surface area contributed by atoms with Crippen LogP contribution >= 0.6 is 58.9 Å². The Balaban J connectivity index is 0.000000267. The molecule has 0 saturated carbocycles. The molecule has 90 valence electrons. The van der Waals surface area contributed by atoms with Gasteiger partial charge in [-0.1, -0.05) is 0 Å². The average Bonchev–Trinajstić information content (AvgIpc) is 3.03. The Labute approximate surface area is 127 Å². The molecule has 1 aromatic carbocycles. The Hall–Kier alpha value is 0.927. The summed E-state index contributed by atoms with van der Waals surface area (Å²) in [5, 5.41) is 0. The third kappa shape index (κ3) is 5.06. The summed E-state index contributed by atoms with van der Waals surface area (Å²) < 4.78 is 12.8. The van der Waals surface area contributed by atoms with E-state index in [4.69, 9.17) is 20.2 Å². The van der Waals surface area contributed by atoms with E-state index in [0.717, 1.165) is 25.8 Å². The largest absolute Gasteiger partial charge is 0.534 e. The first-order valence-corrected chi connectivity index (χ1v) is 9.59. The van der Waals surface area contributed by atoms with Crippen LogP contribution in [0.3, 0.4) is 0 Å². The van der Waals surface area contributed by atoms with Crippen molar-refractivity contribution in [3.05, 3.63) is 25.6 Å². The smallest absolute Gasteiger partial charge is 0.316 e. The fourth-order valence-electron chi connectivity index (χ4n) is 0.775. The molecule has 1 aliphatic heterocycles. The maximum absolute atomic E-state index is 5.57. The molecule has 1 heterocycles. The van der Waals surface area contributed by atoms with Crippen LogP contribution in [0.5, 0.6) is 5.75 Å². The summed E-state index contributed by atoms with van der Waals surface area (Å²) in [4.78, 5) is 0. The van der Waals surface area contributed by atoms with E-state index in [-0.39, 0.29) is 0 Å². The van der Waals surface area contributed by atoms with Crippen LogP contribution in [0.15, 0.2) is 25.6 Å². The van der Waals surface area contributed by atoms with Gasteiger partial charge in [-0.15, -0.1) is 11.1 Å². The predicted octanol–water partition coefficient (Wildman–Crippen LogP) is 4.00. The third-order valence-corrected chi connectivity index (χ3v) is 5.79. The van der Waals surface area contributed by atoms with Crippen molar-refractivity contribution in [1.82, 2.24) is 0 Å². The van der Waals surface area contributed by atoms with Gasteiger partial charge in [-0.25, -0.2) is 0 Å². The fourth-order valence-corrected chi connectivity index (χ4v) is 3.08. The number of hydrogen-bond donors (Lipinski definition) is 0. The standard InChI is InChI=1S/C6H4Br3ClOSi.C3H6O/c7-3-1-2-4(11-12-10)6(9)5(3)8;1-3-2-4-3/h1-2H,12H2;3H,2H2,1H3. The highest BCUT2D eigenvalue weighted by molar-refractivity contribution is 9.14. The van der Waals surface area contributed by atoms with Crippen molar-refractivity contribution in [3.63, 3.8) is 0 Å². The number of halogens is 4. The summed E-state index contributed by atoms with van der Waals surface area (Å²) in [5.74, 6) is 0.784. The first-order chi connectivity index (χ1) is 7.56. The van der Waals surface area contributed by atoms with E-state index in [1.807, 2.05) is 12.1 Å². The Morgan fingerprint density at radius 1 is 1.38 bits per heavy atom. The zero-order chi connectivity index (χ0) is 12.1. The van der Waals surface area contributed by atoms with Crippen LogP contribution < -0.4 is 4.43 Å². The molecule has 1 aliphatic rings. The molecule has 0 aliphatic carbocycles. The molecule has 1 aromatic rings. The second-order valence-corrected chi connectivity index (χ2v) is 6.67. The molecular formula is C9H10Br3ClO2Si. The molecule has 2 rings (SSSR count). The van der Waals surface area contributed by atoms with Gasteiger partial charge in [-0.05, 0) is 66.8 Å². The summed E-state index contributed by atoms with van der Waals surface area (Å²) in [6.07, 6.45) is 0.583. The normalized spacial score (nSPS) is 18.2. The minimum atomic E-state index is -0.928. The van der Waals surface area contributed by atoms with Crippen LogP contribution in [-0.2, 0) is 4.74 Å². The lowest BCUT2D eigenvalue weighted by atomic mass is 10.3. The molecule has 0 aromatic heterocycles. The Bertz CT molecular complexity index is 361. The molecule has 1 unspecified atom stereocenters. The molecule has 16 heavy (non-hydrogen) atoms. The van der Waals surface area contributed by atoms with E-state index in [9.17, 15) is 0 Å². The minimum Gasteiger partial charge on any atom is -0.534 e. The van der Waals surface area contributed by atoms with Crippen LogP contribution in [0.1, 0.15) is 6.92 Å². The van der Waals surface area contributed by atoms with Crippen molar-refractivity contribution in [3.8, 4) is 5.75 Å². The van der Waals surface area contributed by atoms with Crippen molar-refractivity contribution < 1.29 is 9.16 Å². The first kappa shape index (κ1) is 15.0. The zero-order valence-corrected chi connectivity index (χ0v) is 15.4. The third-order valence-electron chi connectivity index (χ3n) is 1.71. The SMILES string of the molecule is CC1CO1.Cl[SiH2]Oc1ccc(Br)c(Br)c1Br. The quantitative estimate of drug-likeness (QED) is 0.292. The van der Waals surface area contributed by atoms with Gasteiger partial charge in [0.2, 0.25) is 0 Å². The summed E-state index contributed by atoms with van der Waals surface area (Å²) in [7, 11) is -0.928. The van der Waals surface area contributed by atoms with Crippen molar-refractivity contribution in [2.45, 2.75) is 13.0 Å². The number of epoxide rings is 1. The van der Waals surface area contributed by atoms with Gasteiger partial charge in [0.1, 0.15) is 5.75 Å². The molecule has 0 amide bonds. The fraction of sp³-hybridized carbons (Fsp3) is 0.333. The van der Waals surface area contributed by atoms with Gasteiger partial charge in [-0.2, -0.15) is 0 Å². The van der Waals surface area contributed by atoms with Gasteiger partial charge < -0.3 is 9.16 Å². The highest BCUT2D eigenvalue weighted by Crippen LogP contribution is 2.37. The molecule has 1 saturated heterocycles. The van der Waals surface area contributed by atoms with Crippen LogP contribution in [0.2, 0.25) is 0 Å². The molecule has 0 N–H and O–H groups in total. The lowest BCUT2D eigenvalue weighted by molar-refractivity contribution is 0.423. The number of rotatable bonds is 2. The molecule has 0 spiro atoms. The summed E-state index contributed by atoms with van der Waals surface area (Å²) >= 11 is 15.7. The number of hydrogen-bond acceptors (Lipinski definition) is 2. The summed E-state index contributed by atoms with van der Waals surface area (Å²) in [5.41, 5.74) is 0. The average molecular weight is 453 g/mol. The molecule has 7 heteroatoms. The monoisotopic (exact) mass is 450 g/mol. The molecule has 1 fully saturated rings. The van der Waals surface area contributed by atoms with Gasteiger partial charge in [0.05, 0.1) is 17.2 Å². The lowest BCUT2D eigenvalue weighted by Gasteiger charge is -2.07.